The maximum atomic E-state index is 12.6. The summed E-state index contributed by atoms with van der Waals surface area (Å²) in [6, 6.07) is 6.93. The van der Waals surface area contributed by atoms with Crippen LogP contribution in [0, 0.1) is 0 Å². The quantitative estimate of drug-likeness (QED) is 0.438. The number of aldehydes is 1. The van der Waals surface area contributed by atoms with E-state index in [4.69, 9.17) is 0 Å². The highest BCUT2D eigenvalue weighted by Crippen LogP contribution is 2.11. The van der Waals surface area contributed by atoms with Crippen molar-refractivity contribution < 1.29 is 9.59 Å². The molecule has 0 bridgehead atoms. The molecule has 1 amide bonds. The molecule has 0 radical (unpaired) electrons. The van der Waals surface area contributed by atoms with Crippen molar-refractivity contribution in [3.8, 4) is 0 Å². The summed E-state index contributed by atoms with van der Waals surface area (Å²) in [7, 11) is 0. The van der Waals surface area contributed by atoms with Crippen molar-refractivity contribution in [2.45, 2.75) is 58.8 Å². The van der Waals surface area contributed by atoms with Crippen molar-refractivity contribution in [2.24, 2.45) is 0 Å². The third kappa shape index (κ3) is 6.42. The van der Waals surface area contributed by atoms with Crippen molar-refractivity contribution in [1.82, 2.24) is 4.90 Å². The van der Waals surface area contributed by atoms with Gasteiger partial charge in [-0.1, -0.05) is 58.1 Å². The summed E-state index contributed by atoms with van der Waals surface area (Å²) >= 11 is 0. The van der Waals surface area contributed by atoms with E-state index in [1.54, 1.807) is 24.3 Å². The topological polar surface area (TPSA) is 37.4 Å². The molecule has 1 aromatic rings. The summed E-state index contributed by atoms with van der Waals surface area (Å²) in [6.07, 6.45) is 8.85. The molecule has 0 N–H and O–H groups in total. The van der Waals surface area contributed by atoms with Gasteiger partial charge in [-0.05, 0) is 25.0 Å². The lowest BCUT2D eigenvalue weighted by molar-refractivity contribution is 0.0749. The monoisotopic (exact) mass is 303 g/mol. The Labute approximate surface area is 134 Å². The summed E-state index contributed by atoms with van der Waals surface area (Å²) in [5, 5.41) is 0. The number of amides is 1. The highest BCUT2D eigenvalue weighted by Gasteiger charge is 2.14. The van der Waals surface area contributed by atoms with E-state index in [9.17, 15) is 9.59 Å². The van der Waals surface area contributed by atoms with E-state index in [1.165, 1.54) is 19.3 Å². The van der Waals surface area contributed by atoms with Gasteiger partial charge in [0, 0.05) is 24.2 Å². The first kappa shape index (κ1) is 18.4. The second-order valence-corrected chi connectivity index (χ2v) is 5.80. The molecule has 0 aliphatic carbocycles. The second kappa shape index (κ2) is 11.0. The Bertz CT molecular complexity index is 439. The summed E-state index contributed by atoms with van der Waals surface area (Å²) in [4.78, 5) is 25.3. The molecule has 0 fully saturated rings. The first-order valence-electron chi connectivity index (χ1n) is 8.57. The fourth-order valence-electron chi connectivity index (χ4n) is 2.48. The predicted molar refractivity (Wildman–Crippen MR) is 91.4 cm³/mol. The van der Waals surface area contributed by atoms with E-state index in [0.29, 0.717) is 11.1 Å². The van der Waals surface area contributed by atoms with Gasteiger partial charge in [-0.15, -0.1) is 0 Å². The molecule has 3 heteroatoms. The lowest BCUT2D eigenvalue weighted by Gasteiger charge is -2.23. The van der Waals surface area contributed by atoms with E-state index in [2.05, 4.69) is 13.8 Å². The van der Waals surface area contributed by atoms with Crippen LogP contribution >= 0.6 is 0 Å². The Morgan fingerprint density at radius 2 is 1.45 bits per heavy atom. The van der Waals surface area contributed by atoms with Gasteiger partial charge in [-0.25, -0.2) is 0 Å². The number of benzene rings is 1. The molecule has 1 aromatic carbocycles. The SMILES string of the molecule is CCCCCCN(CCCCC)C(=O)c1ccc(C=O)cc1. The molecule has 0 aromatic heterocycles. The molecular weight excluding hydrogens is 274 g/mol. The molecular formula is C19H29NO2. The van der Waals surface area contributed by atoms with Crippen molar-refractivity contribution in [2.75, 3.05) is 13.1 Å². The lowest BCUT2D eigenvalue weighted by atomic mass is 10.1. The first-order chi connectivity index (χ1) is 10.7. The predicted octanol–water partition coefficient (Wildman–Crippen LogP) is 4.71. The molecule has 0 aliphatic heterocycles. The summed E-state index contributed by atoms with van der Waals surface area (Å²) in [6.45, 7) is 6.02. The molecule has 0 aliphatic rings. The van der Waals surface area contributed by atoms with Crippen molar-refractivity contribution in [1.29, 1.82) is 0 Å². The third-order valence-corrected chi connectivity index (χ3v) is 3.89. The number of unbranched alkanes of at least 4 members (excludes halogenated alkanes) is 5. The van der Waals surface area contributed by atoms with Crippen LogP contribution in [0.5, 0.6) is 0 Å². The molecule has 0 unspecified atom stereocenters. The number of nitrogens with zero attached hydrogens (tertiary/aromatic N) is 1. The Balaban J connectivity index is 2.64. The maximum Gasteiger partial charge on any atom is 0.253 e. The number of rotatable bonds is 11. The Kier molecular flexibility index (Phi) is 9.20. The van der Waals surface area contributed by atoms with Gasteiger partial charge in [0.15, 0.2) is 0 Å². The van der Waals surface area contributed by atoms with Crippen LogP contribution in [-0.4, -0.2) is 30.2 Å². The first-order valence-corrected chi connectivity index (χ1v) is 8.57. The van der Waals surface area contributed by atoms with Gasteiger partial charge in [0.05, 0.1) is 0 Å². The standard InChI is InChI=1S/C19H29NO2/c1-3-5-7-9-15-20(14-8-6-4-2)19(22)18-12-10-17(16-21)11-13-18/h10-13,16H,3-9,14-15H2,1-2H3. The average Bonchev–Trinajstić information content (AvgIpc) is 2.56. The van der Waals surface area contributed by atoms with E-state index in [1.807, 2.05) is 4.90 Å². The summed E-state index contributed by atoms with van der Waals surface area (Å²) < 4.78 is 0. The van der Waals surface area contributed by atoms with Gasteiger partial charge in [0.2, 0.25) is 0 Å². The van der Waals surface area contributed by atoms with Gasteiger partial charge in [0.25, 0.3) is 5.91 Å². The van der Waals surface area contributed by atoms with Crippen LogP contribution in [0.25, 0.3) is 0 Å². The minimum Gasteiger partial charge on any atom is -0.339 e. The van der Waals surface area contributed by atoms with Crippen LogP contribution in [0.3, 0.4) is 0 Å². The second-order valence-electron chi connectivity index (χ2n) is 5.80. The van der Waals surface area contributed by atoms with Crippen LogP contribution < -0.4 is 0 Å². The zero-order valence-electron chi connectivity index (χ0n) is 14.0. The molecule has 3 nitrogen and oxygen atoms in total. The Hall–Kier alpha value is -1.64. The number of carbonyl (C=O) groups excluding carboxylic acids is 2. The zero-order valence-corrected chi connectivity index (χ0v) is 14.0. The van der Waals surface area contributed by atoms with Gasteiger partial charge in [-0.2, -0.15) is 0 Å². The molecule has 0 atom stereocenters. The minimum atomic E-state index is 0.0880. The van der Waals surface area contributed by atoms with E-state index in [-0.39, 0.29) is 5.91 Å². The number of hydrogen-bond acceptors (Lipinski definition) is 2. The summed E-state index contributed by atoms with van der Waals surface area (Å²) in [5.74, 6) is 0.0880. The van der Waals surface area contributed by atoms with Crippen molar-refractivity contribution in [3.63, 3.8) is 0 Å². The average molecular weight is 303 g/mol. The van der Waals surface area contributed by atoms with E-state index < -0.39 is 0 Å². The molecule has 0 heterocycles. The lowest BCUT2D eigenvalue weighted by Crippen LogP contribution is -2.33. The van der Waals surface area contributed by atoms with Crippen LogP contribution in [-0.2, 0) is 0 Å². The number of carbonyl (C=O) groups is 2. The molecule has 1 rings (SSSR count). The molecule has 22 heavy (non-hydrogen) atoms. The number of hydrogen-bond donors (Lipinski definition) is 0. The van der Waals surface area contributed by atoms with Gasteiger partial charge in [-0.3, -0.25) is 9.59 Å². The Morgan fingerprint density at radius 1 is 0.909 bits per heavy atom. The molecule has 0 saturated carbocycles. The van der Waals surface area contributed by atoms with Crippen LogP contribution in [0.2, 0.25) is 0 Å². The van der Waals surface area contributed by atoms with E-state index in [0.717, 1.165) is 45.1 Å². The zero-order chi connectivity index (χ0) is 16.2. The minimum absolute atomic E-state index is 0.0880. The largest absolute Gasteiger partial charge is 0.339 e. The van der Waals surface area contributed by atoms with Gasteiger partial charge in [0.1, 0.15) is 6.29 Å². The molecule has 122 valence electrons. The van der Waals surface area contributed by atoms with Crippen molar-refractivity contribution >= 4 is 12.2 Å². The van der Waals surface area contributed by atoms with Gasteiger partial charge >= 0.3 is 0 Å². The normalized spacial score (nSPS) is 10.5. The highest BCUT2D eigenvalue weighted by molar-refractivity contribution is 5.94. The molecule has 0 spiro atoms. The van der Waals surface area contributed by atoms with Crippen LogP contribution in [0.1, 0.15) is 79.5 Å². The highest BCUT2D eigenvalue weighted by atomic mass is 16.2. The third-order valence-electron chi connectivity index (χ3n) is 3.89. The smallest absolute Gasteiger partial charge is 0.253 e. The van der Waals surface area contributed by atoms with Crippen LogP contribution in [0.4, 0.5) is 0 Å². The molecule has 0 saturated heterocycles. The fourth-order valence-corrected chi connectivity index (χ4v) is 2.48. The fraction of sp³-hybridized carbons (Fsp3) is 0.579. The maximum absolute atomic E-state index is 12.6. The van der Waals surface area contributed by atoms with E-state index >= 15 is 0 Å². The Morgan fingerprint density at radius 3 is 2.00 bits per heavy atom. The van der Waals surface area contributed by atoms with Crippen molar-refractivity contribution in [3.05, 3.63) is 35.4 Å². The van der Waals surface area contributed by atoms with Crippen LogP contribution in [0.15, 0.2) is 24.3 Å². The summed E-state index contributed by atoms with van der Waals surface area (Å²) in [5.41, 5.74) is 1.29. The van der Waals surface area contributed by atoms with Gasteiger partial charge < -0.3 is 4.90 Å².